The Hall–Kier alpha value is -2.60. The summed E-state index contributed by atoms with van der Waals surface area (Å²) in [6.45, 7) is 5.10. The molecule has 0 spiro atoms. The Labute approximate surface area is 534 Å². The first kappa shape index (κ1) is 80.4. The van der Waals surface area contributed by atoms with Gasteiger partial charge in [-0.15, -0.1) is 0 Å². The van der Waals surface area contributed by atoms with E-state index in [0.29, 0.717) is 13.2 Å². The summed E-state index contributed by atoms with van der Waals surface area (Å²) in [7, 11) is -8.55. The molecule has 2 rings (SSSR count). The zero-order valence-corrected chi connectivity index (χ0v) is 55.6. The molecule has 2 aromatic rings. The predicted molar refractivity (Wildman–Crippen MR) is 334 cm³/mol. The molecule has 0 radical (unpaired) electrons. The van der Waals surface area contributed by atoms with E-state index in [1.807, 2.05) is 0 Å². The van der Waals surface area contributed by atoms with Gasteiger partial charge in [0.1, 0.15) is 0 Å². The number of unbranched alkanes of at least 4 members (excludes halogenated alkanes) is 38. The van der Waals surface area contributed by atoms with Gasteiger partial charge in [0.15, 0.2) is 0 Å². The molecular formula is C66H110CaO14S2. The van der Waals surface area contributed by atoms with Gasteiger partial charge >= 0.3 is 61.6 Å². The molecule has 0 heterocycles. The van der Waals surface area contributed by atoms with Gasteiger partial charge in [-0.1, -0.05) is 269 Å². The topological polar surface area (TPSA) is 220 Å². The van der Waals surface area contributed by atoms with Gasteiger partial charge in [0.2, 0.25) is 0 Å². The number of benzene rings is 2. The Morgan fingerprint density at radius 2 is 0.446 bits per heavy atom. The molecular weight excluding hydrogens is 1120 g/mol. The fourth-order valence-electron chi connectivity index (χ4n) is 9.77. The minimum Gasteiger partial charge on any atom is -0.748 e. The number of ether oxygens (including phenoxy) is 4. The van der Waals surface area contributed by atoms with Crippen LogP contribution in [0.5, 0.6) is 0 Å². The molecule has 0 unspecified atom stereocenters. The summed E-state index contributed by atoms with van der Waals surface area (Å²) in [4.78, 5) is 49.8. The number of rotatable bonds is 54. The van der Waals surface area contributed by atoms with Crippen LogP contribution in [0.25, 0.3) is 0 Å². The standard InChI is InChI=1S/2C33H56O7S.Ca/c2*1-2-3-4-5-6-7-8-9-10-11-12-13-14-15-16-17-18-19-22-27-39-32(34)30-25-20-21-26-31(30)33(35)40-28-23-24-29-41(36,37)38;/h2*20-21,25-26H,2-19,22-24,27-29H2,1H3,(H,36,37,38);/q;;+2/p-2. The molecule has 0 N–H and O–H groups in total. The van der Waals surface area contributed by atoms with E-state index in [4.69, 9.17) is 18.9 Å². The first-order chi connectivity index (χ1) is 39.7. The van der Waals surface area contributed by atoms with Gasteiger partial charge in [0.05, 0.1) is 68.9 Å². The molecule has 0 saturated carbocycles. The van der Waals surface area contributed by atoms with Crippen LogP contribution >= 0.6 is 0 Å². The molecule has 0 aliphatic carbocycles. The van der Waals surface area contributed by atoms with Crippen molar-refractivity contribution in [2.24, 2.45) is 0 Å². The Kier molecular flexibility index (Phi) is 54.2. The fraction of sp³-hybridized carbons (Fsp3) is 0.758. The summed E-state index contributed by atoms with van der Waals surface area (Å²) < 4.78 is 84.8. The molecule has 0 aromatic heterocycles. The van der Waals surface area contributed by atoms with Gasteiger partial charge in [0, 0.05) is 11.5 Å². The SMILES string of the molecule is CCCCCCCCCCCCCCCCCCCCCOC(=O)c1ccccc1C(=O)OCCCCS(=O)(=O)[O-].CCCCCCCCCCCCCCCCCCCCCOC(=O)c1ccccc1C(=O)OCCCCS(=O)(=O)[O-].[Ca+2]. The van der Waals surface area contributed by atoms with Gasteiger partial charge in [-0.3, -0.25) is 0 Å². The average Bonchev–Trinajstić information content (AvgIpc) is 3.46. The summed E-state index contributed by atoms with van der Waals surface area (Å²) >= 11 is 0. The van der Waals surface area contributed by atoms with Crippen molar-refractivity contribution in [1.29, 1.82) is 0 Å². The van der Waals surface area contributed by atoms with Gasteiger partial charge < -0.3 is 28.1 Å². The largest absolute Gasteiger partial charge is 2.00 e. The van der Waals surface area contributed by atoms with Crippen molar-refractivity contribution in [2.75, 3.05) is 37.9 Å². The van der Waals surface area contributed by atoms with Crippen molar-refractivity contribution < 1.29 is 64.1 Å². The minimum absolute atomic E-state index is 0. The molecule has 14 nitrogen and oxygen atoms in total. The molecule has 0 bridgehead atoms. The molecule has 2 aromatic carbocycles. The van der Waals surface area contributed by atoms with Crippen LogP contribution in [0.2, 0.25) is 0 Å². The van der Waals surface area contributed by atoms with Crippen LogP contribution in [0.4, 0.5) is 0 Å². The molecule has 0 amide bonds. The van der Waals surface area contributed by atoms with Crippen LogP contribution < -0.4 is 0 Å². The summed E-state index contributed by atoms with van der Waals surface area (Å²) in [6, 6.07) is 12.6. The van der Waals surface area contributed by atoms with Crippen LogP contribution in [0.1, 0.15) is 325 Å². The maximum absolute atomic E-state index is 12.5. The zero-order chi connectivity index (χ0) is 60.0. The fourth-order valence-corrected chi connectivity index (χ4v) is 10.9. The summed E-state index contributed by atoms with van der Waals surface area (Å²) in [5, 5.41) is 0. The van der Waals surface area contributed by atoms with Crippen molar-refractivity contribution in [3.05, 3.63) is 70.8 Å². The number of carbonyl (C=O) groups is 4. The van der Waals surface area contributed by atoms with Crippen LogP contribution in [0, 0.1) is 0 Å². The second-order valence-electron chi connectivity index (χ2n) is 22.3. The molecule has 0 saturated heterocycles. The Bertz CT molecular complexity index is 1990. The number of hydrogen-bond donors (Lipinski definition) is 0. The normalized spacial score (nSPS) is 11.3. The Morgan fingerprint density at radius 3 is 0.614 bits per heavy atom. The van der Waals surface area contributed by atoms with Crippen LogP contribution in [-0.2, 0) is 39.2 Å². The van der Waals surface area contributed by atoms with E-state index in [1.54, 1.807) is 24.3 Å². The van der Waals surface area contributed by atoms with Gasteiger partial charge in [-0.25, -0.2) is 36.0 Å². The van der Waals surface area contributed by atoms with Gasteiger partial charge in [-0.2, -0.15) is 0 Å². The third kappa shape index (κ3) is 50.1. The molecule has 0 aliphatic heterocycles. The monoisotopic (exact) mass is 1230 g/mol. The molecule has 0 aliphatic rings. The maximum atomic E-state index is 12.5. The Morgan fingerprint density at radius 1 is 0.289 bits per heavy atom. The smallest absolute Gasteiger partial charge is 0.748 e. The molecule has 83 heavy (non-hydrogen) atoms. The first-order valence-electron chi connectivity index (χ1n) is 32.4. The molecule has 17 heteroatoms. The molecule has 472 valence electrons. The van der Waals surface area contributed by atoms with Crippen LogP contribution in [-0.4, -0.2) is 125 Å². The number of esters is 4. The van der Waals surface area contributed by atoms with Crippen molar-refractivity contribution in [3.8, 4) is 0 Å². The van der Waals surface area contributed by atoms with Gasteiger partial charge in [0.25, 0.3) is 0 Å². The second kappa shape index (κ2) is 55.9. The summed E-state index contributed by atoms with van der Waals surface area (Å²) in [6.07, 6.45) is 50.3. The van der Waals surface area contributed by atoms with Crippen molar-refractivity contribution in [1.82, 2.24) is 0 Å². The number of hydrogen-bond acceptors (Lipinski definition) is 14. The Balaban J connectivity index is 0.00000160. The van der Waals surface area contributed by atoms with E-state index < -0.39 is 55.6 Å². The van der Waals surface area contributed by atoms with Crippen molar-refractivity contribution in [2.45, 2.75) is 284 Å². The van der Waals surface area contributed by atoms with Crippen molar-refractivity contribution in [3.63, 3.8) is 0 Å². The van der Waals surface area contributed by atoms with E-state index in [2.05, 4.69) is 13.8 Å². The van der Waals surface area contributed by atoms with E-state index in [9.17, 15) is 45.1 Å². The van der Waals surface area contributed by atoms with Crippen molar-refractivity contribution >= 4 is 81.9 Å². The molecule has 0 atom stereocenters. The van der Waals surface area contributed by atoms with E-state index in [0.717, 1.165) is 38.5 Å². The third-order valence-corrected chi connectivity index (χ3v) is 16.3. The number of carbonyl (C=O) groups excluding carboxylic acids is 4. The quantitative estimate of drug-likeness (QED) is 0.0198. The minimum atomic E-state index is -4.28. The second-order valence-corrected chi connectivity index (χ2v) is 25.3. The molecule has 0 fully saturated rings. The van der Waals surface area contributed by atoms with Crippen LogP contribution in [0.3, 0.4) is 0 Å². The first-order valence-corrected chi connectivity index (χ1v) is 35.6. The average molecular weight is 1230 g/mol. The summed E-state index contributed by atoms with van der Waals surface area (Å²) in [5.74, 6) is -3.45. The maximum Gasteiger partial charge on any atom is 2.00 e. The van der Waals surface area contributed by atoms with Gasteiger partial charge in [-0.05, 0) is 62.8 Å². The third-order valence-electron chi connectivity index (χ3n) is 14.7. The van der Waals surface area contributed by atoms with E-state index in [1.165, 1.54) is 230 Å². The predicted octanol–water partition coefficient (Wildman–Crippen LogP) is 17.1. The van der Waals surface area contributed by atoms with E-state index in [-0.39, 0.29) is 98.9 Å². The summed E-state index contributed by atoms with van der Waals surface area (Å²) in [5.41, 5.74) is 0.527. The zero-order valence-electron chi connectivity index (χ0n) is 51.8. The van der Waals surface area contributed by atoms with Crippen LogP contribution in [0.15, 0.2) is 48.5 Å². The van der Waals surface area contributed by atoms with E-state index >= 15 is 0 Å².